The zero-order chi connectivity index (χ0) is 14.5. The number of aliphatic carboxylic acids is 1. The number of nitrogens with one attached hydrogen (secondary N) is 2. The van der Waals surface area contributed by atoms with Gasteiger partial charge in [0.05, 0.1) is 5.69 Å². The summed E-state index contributed by atoms with van der Waals surface area (Å²) in [5.41, 5.74) is 0.360. The third-order valence-electron chi connectivity index (χ3n) is 2.55. The van der Waals surface area contributed by atoms with E-state index >= 15 is 0 Å². The quantitative estimate of drug-likeness (QED) is 0.748. The van der Waals surface area contributed by atoms with E-state index in [1.54, 1.807) is 13.8 Å². The number of amides is 2. The van der Waals surface area contributed by atoms with E-state index in [1.165, 1.54) is 11.3 Å². The Morgan fingerprint density at radius 1 is 1.47 bits per heavy atom. The number of carbonyl (C=O) groups is 2. The minimum absolute atomic E-state index is 0.0184. The molecule has 3 N–H and O–H groups in total. The van der Waals surface area contributed by atoms with Crippen LogP contribution in [0.3, 0.4) is 0 Å². The molecule has 0 fully saturated rings. The molecule has 7 heteroatoms. The van der Waals surface area contributed by atoms with E-state index in [2.05, 4.69) is 15.6 Å². The molecule has 0 bridgehead atoms. The van der Waals surface area contributed by atoms with Crippen molar-refractivity contribution in [1.82, 2.24) is 10.3 Å². The minimum atomic E-state index is -0.872. The van der Waals surface area contributed by atoms with Crippen LogP contribution >= 0.6 is 11.3 Å². The third-order valence-corrected chi connectivity index (χ3v) is 3.36. The number of hydrogen-bond donors (Lipinski definition) is 3. The predicted molar refractivity (Wildman–Crippen MR) is 74.6 cm³/mol. The SMILES string of the molecule is CCc1csc(NC(=O)NC(C)(C)CCC(=O)O)n1. The first-order chi connectivity index (χ1) is 8.82. The topological polar surface area (TPSA) is 91.3 Å². The highest BCUT2D eigenvalue weighted by atomic mass is 32.1. The lowest BCUT2D eigenvalue weighted by molar-refractivity contribution is -0.137. The van der Waals surface area contributed by atoms with Gasteiger partial charge < -0.3 is 10.4 Å². The summed E-state index contributed by atoms with van der Waals surface area (Å²) in [6.07, 6.45) is 1.21. The molecule has 1 aromatic rings. The summed E-state index contributed by atoms with van der Waals surface area (Å²) < 4.78 is 0. The highest BCUT2D eigenvalue weighted by Gasteiger charge is 2.21. The van der Waals surface area contributed by atoms with Crippen molar-refractivity contribution in [3.63, 3.8) is 0 Å². The normalized spacial score (nSPS) is 11.1. The standard InChI is InChI=1S/C12H19N3O3S/c1-4-8-7-19-11(13-8)14-10(18)15-12(2,3)6-5-9(16)17/h7H,4-6H2,1-3H3,(H,16,17)(H2,13,14,15,18). The van der Waals surface area contributed by atoms with Gasteiger partial charge in [0, 0.05) is 17.3 Å². The van der Waals surface area contributed by atoms with Gasteiger partial charge in [-0.05, 0) is 26.7 Å². The zero-order valence-electron chi connectivity index (χ0n) is 11.3. The molecule has 0 saturated heterocycles. The van der Waals surface area contributed by atoms with Crippen molar-refractivity contribution in [3.8, 4) is 0 Å². The maximum absolute atomic E-state index is 11.8. The van der Waals surface area contributed by atoms with E-state index in [1.807, 2.05) is 12.3 Å². The second-order valence-electron chi connectivity index (χ2n) is 4.85. The Labute approximate surface area is 116 Å². The molecular formula is C12H19N3O3S. The second-order valence-corrected chi connectivity index (χ2v) is 5.71. The molecule has 6 nitrogen and oxygen atoms in total. The molecule has 1 heterocycles. The smallest absolute Gasteiger partial charge is 0.321 e. The van der Waals surface area contributed by atoms with E-state index in [-0.39, 0.29) is 12.5 Å². The average molecular weight is 285 g/mol. The molecule has 0 saturated carbocycles. The van der Waals surface area contributed by atoms with Crippen LogP contribution in [-0.2, 0) is 11.2 Å². The number of urea groups is 1. The lowest BCUT2D eigenvalue weighted by Crippen LogP contribution is -2.45. The van der Waals surface area contributed by atoms with Crippen LogP contribution in [0.5, 0.6) is 0 Å². The summed E-state index contributed by atoms with van der Waals surface area (Å²) in [4.78, 5) is 26.5. The first-order valence-electron chi connectivity index (χ1n) is 6.08. The van der Waals surface area contributed by atoms with Crippen molar-refractivity contribution in [1.29, 1.82) is 0 Å². The molecule has 0 unspecified atom stereocenters. The molecule has 1 rings (SSSR count). The van der Waals surface area contributed by atoms with E-state index in [4.69, 9.17) is 5.11 Å². The Balaban J connectivity index is 2.47. The van der Waals surface area contributed by atoms with Crippen LogP contribution < -0.4 is 10.6 Å². The summed E-state index contributed by atoms with van der Waals surface area (Å²) in [6, 6.07) is -0.368. The second kappa shape index (κ2) is 6.51. The summed E-state index contributed by atoms with van der Waals surface area (Å²) in [6.45, 7) is 5.57. The molecule has 0 aliphatic heterocycles. The van der Waals surface area contributed by atoms with Crippen molar-refractivity contribution in [3.05, 3.63) is 11.1 Å². The largest absolute Gasteiger partial charge is 0.481 e. The van der Waals surface area contributed by atoms with Gasteiger partial charge in [0.1, 0.15) is 0 Å². The van der Waals surface area contributed by atoms with Gasteiger partial charge in [-0.25, -0.2) is 9.78 Å². The highest BCUT2D eigenvalue weighted by molar-refractivity contribution is 7.13. The van der Waals surface area contributed by atoms with Crippen LogP contribution in [0.2, 0.25) is 0 Å². The Morgan fingerprint density at radius 2 is 2.16 bits per heavy atom. The Bertz CT molecular complexity index is 457. The van der Waals surface area contributed by atoms with Gasteiger partial charge in [-0.3, -0.25) is 10.1 Å². The Morgan fingerprint density at radius 3 is 2.68 bits per heavy atom. The number of aryl methyl sites for hydroxylation is 1. The molecular weight excluding hydrogens is 266 g/mol. The van der Waals surface area contributed by atoms with E-state index in [9.17, 15) is 9.59 Å². The maximum atomic E-state index is 11.8. The highest BCUT2D eigenvalue weighted by Crippen LogP contribution is 2.16. The molecule has 2 amide bonds. The molecule has 0 atom stereocenters. The molecule has 0 aromatic carbocycles. The number of carbonyl (C=O) groups excluding carboxylic acids is 1. The fourth-order valence-corrected chi connectivity index (χ4v) is 2.23. The number of thiazole rings is 1. The Kier molecular flexibility index (Phi) is 5.29. The molecule has 1 aromatic heterocycles. The van der Waals surface area contributed by atoms with Crippen LogP contribution in [0.4, 0.5) is 9.93 Å². The molecule has 106 valence electrons. The summed E-state index contributed by atoms with van der Waals surface area (Å²) >= 11 is 1.37. The number of nitrogens with zero attached hydrogens (tertiary/aromatic N) is 1. The first-order valence-corrected chi connectivity index (χ1v) is 6.95. The maximum Gasteiger partial charge on any atom is 0.321 e. The molecule has 19 heavy (non-hydrogen) atoms. The van der Waals surface area contributed by atoms with Crippen LogP contribution in [0, 0.1) is 0 Å². The van der Waals surface area contributed by atoms with Crippen molar-refractivity contribution in [2.45, 2.75) is 45.6 Å². The molecule has 0 radical (unpaired) electrons. The van der Waals surface area contributed by atoms with Gasteiger partial charge in [0.2, 0.25) is 0 Å². The van der Waals surface area contributed by atoms with Crippen LogP contribution in [-0.4, -0.2) is 27.6 Å². The van der Waals surface area contributed by atoms with Gasteiger partial charge in [-0.1, -0.05) is 6.92 Å². The summed E-state index contributed by atoms with van der Waals surface area (Å²) in [7, 11) is 0. The molecule has 0 aliphatic carbocycles. The van der Waals surface area contributed by atoms with E-state index in [0.29, 0.717) is 11.6 Å². The van der Waals surface area contributed by atoms with Crippen LogP contribution in [0.15, 0.2) is 5.38 Å². The number of carboxylic acid groups (broad SMARTS) is 1. The third kappa shape index (κ3) is 5.69. The predicted octanol–water partition coefficient (Wildman–Crippen LogP) is 2.47. The van der Waals surface area contributed by atoms with Crippen molar-refractivity contribution >= 4 is 28.5 Å². The van der Waals surface area contributed by atoms with Gasteiger partial charge >= 0.3 is 12.0 Å². The summed E-state index contributed by atoms with van der Waals surface area (Å²) in [5.74, 6) is -0.872. The van der Waals surface area contributed by atoms with Gasteiger partial charge in [0.25, 0.3) is 0 Å². The summed E-state index contributed by atoms with van der Waals surface area (Å²) in [5, 5.41) is 16.5. The monoisotopic (exact) mass is 285 g/mol. The lowest BCUT2D eigenvalue weighted by Gasteiger charge is -2.25. The number of rotatable bonds is 6. The van der Waals surface area contributed by atoms with Crippen molar-refractivity contribution in [2.75, 3.05) is 5.32 Å². The van der Waals surface area contributed by atoms with Crippen molar-refractivity contribution < 1.29 is 14.7 Å². The van der Waals surface area contributed by atoms with E-state index in [0.717, 1.165) is 12.1 Å². The number of carboxylic acids is 1. The number of aromatic nitrogens is 1. The van der Waals surface area contributed by atoms with Gasteiger partial charge in [-0.2, -0.15) is 0 Å². The molecule has 0 aliphatic rings. The Hall–Kier alpha value is -1.63. The fourth-order valence-electron chi connectivity index (χ4n) is 1.44. The van der Waals surface area contributed by atoms with Crippen molar-refractivity contribution in [2.24, 2.45) is 0 Å². The van der Waals surface area contributed by atoms with Gasteiger partial charge in [0.15, 0.2) is 5.13 Å². The van der Waals surface area contributed by atoms with Gasteiger partial charge in [-0.15, -0.1) is 11.3 Å². The number of hydrogen-bond acceptors (Lipinski definition) is 4. The van der Waals surface area contributed by atoms with Crippen LogP contribution in [0.1, 0.15) is 39.3 Å². The first kappa shape index (κ1) is 15.4. The number of anilines is 1. The zero-order valence-corrected chi connectivity index (χ0v) is 12.1. The fraction of sp³-hybridized carbons (Fsp3) is 0.583. The molecule has 0 spiro atoms. The van der Waals surface area contributed by atoms with Crippen LogP contribution in [0.25, 0.3) is 0 Å². The lowest BCUT2D eigenvalue weighted by atomic mass is 9.99. The minimum Gasteiger partial charge on any atom is -0.481 e. The average Bonchev–Trinajstić information content (AvgIpc) is 2.73. The van der Waals surface area contributed by atoms with E-state index < -0.39 is 11.5 Å².